The highest BCUT2D eigenvalue weighted by atomic mass is 32.3. The number of methoxy groups -OCH3 is 1. The van der Waals surface area contributed by atoms with Crippen LogP contribution in [0.4, 0.5) is 3.89 Å². The molecule has 0 aliphatic rings. The Morgan fingerprint density at radius 2 is 2.14 bits per heavy atom. The molecule has 0 fully saturated rings. The van der Waals surface area contributed by atoms with E-state index in [4.69, 9.17) is 4.42 Å². The van der Waals surface area contributed by atoms with Gasteiger partial charge >= 0.3 is 16.2 Å². The molecule has 0 unspecified atom stereocenters. The molecule has 0 bridgehead atoms. The van der Waals surface area contributed by atoms with Crippen LogP contribution in [-0.2, 0) is 15.0 Å². The first kappa shape index (κ1) is 10.7. The summed E-state index contributed by atoms with van der Waals surface area (Å²) in [5, 5.41) is 0. The highest BCUT2D eigenvalue weighted by Crippen LogP contribution is 2.22. The number of hydrogen-bond acceptors (Lipinski definition) is 5. The third-order valence-corrected chi connectivity index (χ3v) is 2.45. The van der Waals surface area contributed by atoms with Crippen LogP contribution in [0.2, 0.25) is 0 Å². The molecule has 0 N–H and O–H groups in total. The van der Waals surface area contributed by atoms with Crippen molar-refractivity contribution in [3.8, 4) is 0 Å². The third-order valence-electron chi connectivity index (χ3n) is 1.52. The standard InChI is InChI=1S/C7H7FO5S/c1-4-6(14(8,10)11)3-5(13-4)7(9)12-2/h3H,1-2H3. The summed E-state index contributed by atoms with van der Waals surface area (Å²) in [7, 11) is -3.75. The first-order chi connectivity index (χ1) is 6.36. The Morgan fingerprint density at radius 3 is 2.50 bits per heavy atom. The predicted molar refractivity (Wildman–Crippen MR) is 43.1 cm³/mol. The SMILES string of the molecule is COC(=O)c1cc(S(=O)(=O)F)c(C)o1. The molecule has 1 aromatic rings. The summed E-state index contributed by atoms with van der Waals surface area (Å²) in [5.41, 5.74) is 0. The number of furan rings is 1. The highest BCUT2D eigenvalue weighted by Gasteiger charge is 2.23. The summed E-state index contributed by atoms with van der Waals surface area (Å²) in [5.74, 6) is -1.39. The van der Waals surface area contributed by atoms with Crippen molar-refractivity contribution in [2.24, 2.45) is 0 Å². The quantitative estimate of drug-likeness (QED) is 0.552. The molecule has 0 saturated carbocycles. The molecule has 0 saturated heterocycles. The Bertz CT molecular complexity index is 458. The molecule has 0 atom stereocenters. The van der Waals surface area contributed by atoms with Crippen LogP contribution in [0.25, 0.3) is 0 Å². The van der Waals surface area contributed by atoms with Gasteiger partial charge in [0.05, 0.1) is 7.11 Å². The van der Waals surface area contributed by atoms with Crippen LogP contribution in [0.15, 0.2) is 15.4 Å². The van der Waals surface area contributed by atoms with Crippen LogP contribution in [0.1, 0.15) is 16.3 Å². The van der Waals surface area contributed by atoms with Crippen LogP contribution in [0.5, 0.6) is 0 Å². The van der Waals surface area contributed by atoms with E-state index in [0.717, 1.165) is 13.2 Å². The maximum atomic E-state index is 12.5. The second kappa shape index (κ2) is 3.41. The summed E-state index contributed by atoms with van der Waals surface area (Å²) >= 11 is 0. The lowest BCUT2D eigenvalue weighted by molar-refractivity contribution is 0.0563. The highest BCUT2D eigenvalue weighted by molar-refractivity contribution is 7.86. The molecular formula is C7H7FO5S. The number of esters is 1. The number of ether oxygens (including phenoxy) is 1. The molecule has 1 heterocycles. The van der Waals surface area contributed by atoms with E-state index in [9.17, 15) is 17.1 Å². The number of hydrogen-bond donors (Lipinski definition) is 0. The van der Waals surface area contributed by atoms with Crippen molar-refractivity contribution in [2.75, 3.05) is 7.11 Å². The fourth-order valence-electron chi connectivity index (χ4n) is 0.909. The normalized spacial score (nSPS) is 11.4. The van der Waals surface area contributed by atoms with Crippen molar-refractivity contribution < 1.29 is 26.3 Å². The summed E-state index contributed by atoms with van der Waals surface area (Å²) in [6.07, 6.45) is 0. The van der Waals surface area contributed by atoms with E-state index in [0.29, 0.717) is 0 Å². The fourth-order valence-corrected chi connectivity index (χ4v) is 1.54. The van der Waals surface area contributed by atoms with Crippen molar-refractivity contribution in [1.82, 2.24) is 0 Å². The lowest BCUT2D eigenvalue weighted by atomic mass is 10.4. The second-order valence-electron chi connectivity index (χ2n) is 2.46. The number of aryl methyl sites for hydroxylation is 1. The molecule has 0 aromatic carbocycles. The van der Waals surface area contributed by atoms with Crippen molar-refractivity contribution in [3.05, 3.63) is 17.6 Å². The van der Waals surface area contributed by atoms with Gasteiger partial charge in [-0.3, -0.25) is 0 Å². The molecule has 5 nitrogen and oxygen atoms in total. The van der Waals surface area contributed by atoms with Gasteiger partial charge in [-0.2, -0.15) is 8.42 Å². The lowest BCUT2D eigenvalue weighted by Crippen LogP contribution is -1.98. The van der Waals surface area contributed by atoms with Crippen LogP contribution in [0.3, 0.4) is 0 Å². The maximum Gasteiger partial charge on any atom is 0.373 e. The Morgan fingerprint density at radius 1 is 1.57 bits per heavy atom. The molecule has 1 rings (SSSR count). The van der Waals surface area contributed by atoms with Gasteiger partial charge in [0.25, 0.3) is 0 Å². The predicted octanol–water partition coefficient (Wildman–Crippen LogP) is 1.03. The maximum absolute atomic E-state index is 12.5. The molecular weight excluding hydrogens is 215 g/mol. The van der Waals surface area contributed by atoms with E-state index in [1.54, 1.807) is 0 Å². The third kappa shape index (κ3) is 1.92. The zero-order chi connectivity index (χ0) is 10.9. The van der Waals surface area contributed by atoms with E-state index in [1.807, 2.05) is 0 Å². The van der Waals surface area contributed by atoms with Gasteiger partial charge in [-0.05, 0) is 6.92 Å². The van der Waals surface area contributed by atoms with Crippen LogP contribution in [0, 0.1) is 6.92 Å². The van der Waals surface area contributed by atoms with Gasteiger partial charge in [-0.15, -0.1) is 3.89 Å². The van der Waals surface area contributed by atoms with E-state index in [1.165, 1.54) is 6.92 Å². The number of carbonyl (C=O) groups is 1. The molecule has 0 aliphatic carbocycles. The average Bonchev–Trinajstić information content (AvgIpc) is 2.45. The minimum absolute atomic E-state index is 0.187. The van der Waals surface area contributed by atoms with Gasteiger partial charge in [-0.1, -0.05) is 0 Å². The Kier molecular flexibility index (Phi) is 2.61. The average molecular weight is 222 g/mol. The van der Waals surface area contributed by atoms with Gasteiger partial charge in [0.15, 0.2) is 0 Å². The van der Waals surface area contributed by atoms with E-state index in [-0.39, 0.29) is 11.5 Å². The first-order valence-corrected chi connectivity index (χ1v) is 4.88. The molecule has 14 heavy (non-hydrogen) atoms. The number of halogens is 1. The van der Waals surface area contributed by atoms with Crippen molar-refractivity contribution >= 4 is 16.2 Å². The van der Waals surface area contributed by atoms with E-state index in [2.05, 4.69) is 4.74 Å². The lowest BCUT2D eigenvalue weighted by Gasteiger charge is -1.90. The molecule has 7 heteroatoms. The van der Waals surface area contributed by atoms with Gasteiger partial charge in [0.1, 0.15) is 10.7 Å². The van der Waals surface area contributed by atoms with E-state index >= 15 is 0 Å². The van der Waals surface area contributed by atoms with E-state index < -0.39 is 21.1 Å². The molecule has 0 radical (unpaired) electrons. The molecule has 1 aromatic heterocycles. The Hall–Kier alpha value is -1.37. The Balaban J connectivity index is 3.25. The Labute approximate surface area is 79.7 Å². The van der Waals surface area contributed by atoms with Crippen LogP contribution in [-0.4, -0.2) is 21.5 Å². The number of rotatable bonds is 2. The van der Waals surface area contributed by atoms with Crippen molar-refractivity contribution in [3.63, 3.8) is 0 Å². The topological polar surface area (TPSA) is 73.6 Å². The molecule has 0 amide bonds. The fraction of sp³-hybridized carbons (Fsp3) is 0.286. The number of carbonyl (C=O) groups excluding carboxylic acids is 1. The summed E-state index contributed by atoms with van der Waals surface area (Å²) in [6.45, 7) is 1.24. The first-order valence-electron chi connectivity index (χ1n) is 3.49. The summed E-state index contributed by atoms with van der Waals surface area (Å²) in [4.78, 5) is 10.2. The monoisotopic (exact) mass is 222 g/mol. The second-order valence-corrected chi connectivity index (χ2v) is 3.78. The molecule has 0 aliphatic heterocycles. The van der Waals surface area contributed by atoms with Gasteiger partial charge in [-0.25, -0.2) is 4.79 Å². The zero-order valence-corrected chi connectivity index (χ0v) is 8.22. The minimum atomic E-state index is -4.86. The molecule has 78 valence electrons. The molecule has 0 spiro atoms. The van der Waals surface area contributed by atoms with Crippen molar-refractivity contribution in [2.45, 2.75) is 11.8 Å². The van der Waals surface area contributed by atoms with Gasteiger partial charge in [0.2, 0.25) is 5.76 Å². The minimum Gasteiger partial charge on any atom is -0.463 e. The van der Waals surface area contributed by atoms with Crippen LogP contribution >= 0.6 is 0 Å². The zero-order valence-electron chi connectivity index (χ0n) is 7.40. The summed E-state index contributed by atoms with van der Waals surface area (Å²) in [6, 6.07) is 0.788. The van der Waals surface area contributed by atoms with Gasteiger partial charge < -0.3 is 9.15 Å². The van der Waals surface area contributed by atoms with Gasteiger partial charge in [0, 0.05) is 6.07 Å². The van der Waals surface area contributed by atoms with Crippen molar-refractivity contribution in [1.29, 1.82) is 0 Å². The largest absolute Gasteiger partial charge is 0.463 e. The van der Waals surface area contributed by atoms with Crippen LogP contribution < -0.4 is 0 Å². The summed E-state index contributed by atoms with van der Waals surface area (Å²) < 4.78 is 42.5. The smallest absolute Gasteiger partial charge is 0.373 e.